The number of Topliss-reactive ketones (excluding diaryl/α,β-unsaturated/α-hetero) is 1. The Morgan fingerprint density at radius 2 is 2.08 bits per heavy atom. The van der Waals surface area contributed by atoms with Crippen LogP contribution >= 0.6 is 23.1 Å². The minimum Gasteiger partial charge on any atom is -0.485 e. The molecule has 0 aliphatic carbocycles. The van der Waals surface area contributed by atoms with E-state index in [1.165, 1.54) is 23.1 Å². The molecule has 2 heterocycles. The molecule has 1 aliphatic heterocycles. The maximum atomic E-state index is 11.9. The van der Waals surface area contributed by atoms with E-state index in [9.17, 15) is 13.2 Å². The van der Waals surface area contributed by atoms with Gasteiger partial charge < -0.3 is 4.74 Å². The first-order valence-electron chi connectivity index (χ1n) is 7.24. The first kappa shape index (κ1) is 16.4. The summed E-state index contributed by atoms with van der Waals surface area (Å²) in [5, 5.41) is 0. The van der Waals surface area contributed by atoms with Gasteiger partial charge in [0, 0.05) is 11.0 Å². The van der Waals surface area contributed by atoms with Gasteiger partial charge in [-0.2, -0.15) is 0 Å². The summed E-state index contributed by atoms with van der Waals surface area (Å²) < 4.78 is 32.9. The van der Waals surface area contributed by atoms with Crippen LogP contribution in [0.25, 0.3) is 10.2 Å². The molecule has 0 saturated carbocycles. The number of sulfonamides is 1. The summed E-state index contributed by atoms with van der Waals surface area (Å²) >= 11 is 2.83. The zero-order valence-corrected chi connectivity index (χ0v) is 15.4. The van der Waals surface area contributed by atoms with Crippen molar-refractivity contribution in [2.75, 3.05) is 17.6 Å². The number of hydrogen-bond acceptors (Lipinski definition) is 7. The van der Waals surface area contributed by atoms with Gasteiger partial charge in [-0.15, -0.1) is 11.3 Å². The van der Waals surface area contributed by atoms with Gasteiger partial charge in [-0.05, 0) is 18.2 Å². The number of fused-ring (bicyclic) bond motifs is 2. The molecule has 0 atom stereocenters. The summed E-state index contributed by atoms with van der Waals surface area (Å²) in [4.78, 5) is 17.1. The van der Waals surface area contributed by atoms with Crippen LogP contribution < -0.4 is 9.46 Å². The van der Waals surface area contributed by atoms with Crippen LogP contribution in [0.4, 0.5) is 5.69 Å². The largest absolute Gasteiger partial charge is 0.485 e. The highest BCUT2D eigenvalue weighted by Gasteiger charge is 2.25. The lowest BCUT2D eigenvalue weighted by Gasteiger charge is -2.11. The first-order chi connectivity index (χ1) is 11.9. The molecule has 9 heteroatoms. The molecule has 0 amide bonds. The molecular formula is C16H12N2O4S3. The smallest absolute Gasteiger partial charge is 0.229 e. The molecule has 1 aliphatic rings. The fraction of sp³-hybridized carbons (Fsp3) is 0.125. The van der Waals surface area contributed by atoms with Crippen molar-refractivity contribution in [1.29, 1.82) is 0 Å². The van der Waals surface area contributed by atoms with Gasteiger partial charge >= 0.3 is 0 Å². The zero-order chi connectivity index (χ0) is 17.6. The van der Waals surface area contributed by atoms with E-state index in [4.69, 9.17) is 4.74 Å². The fourth-order valence-electron chi connectivity index (χ4n) is 2.47. The summed E-state index contributed by atoms with van der Waals surface area (Å²) in [6.45, 7) is -0.0249. The molecular weight excluding hydrogens is 380 g/mol. The molecule has 25 heavy (non-hydrogen) atoms. The van der Waals surface area contributed by atoms with Crippen molar-refractivity contribution >= 4 is 54.8 Å². The molecule has 6 nitrogen and oxygen atoms in total. The molecule has 4 rings (SSSR count). The predicted octanol–water partition coefficient (Wildman–Crippen LogP) is 3.39. The van der Waals surface area contributed by atoms with E-state index in [2.05, 4.69) is 9.71 Å². The molecule has 3 aromatic rings. The highest BCUT2D eigenvalue weighted by Crippen LogP contribution is 2.42. The Morgan fingerprint density at radius 3 is 2.84 bits per heavy atom. The number of ketones is 1. The van der Waals surface area contributed by atoms with Crippen LogP contribution in [0.2, 0.25) is 0 Å². The monoisotopic (exact) mass is 392 g/mol. The average Bonchev–Trinajstić information content (AvgIpc) is 3.10. The zero-order valence-electron chi connectivity index (χ0n) is 13.0. The number of anilines is 1. The van der Waals surface area contributed by atoms with E-state index in [-0.39, 0.29) is 12.4 Å². The maximum absolute atomic E-state index is 11.9. The van der Waals surface area contributed by atoms with Crippen molar-refractivity contribution in [3.05, 3.63) is 42.0 Å². The molecule has 0 unspecified atom stereocenters. The minimum atomic E-state index is -3.47. The second-order valence-corrected chi connectivity index (χ2v) is 9.55. The Balaban J connectivity index is 1.78. The van der Waals surface area contributed by atoms with Crippen molar-refractivity contribution in [3.63, 3.8) is 0 Å². The molecule has 0 spiro atoms. The van der Waals surface area contributed by atoms with Gasteiger partial charge in [-0.25, -0.2) is 13.4 Å². The van der Waals surface area contributed by atoms with Crippen molar-refractivity contribution < 1.29 is 17.9 Å². The van der Waals surface area contributed by atoms with Gasteiger partial charge in [0.15, 0.2) is 10.9 Å². The van der Waals surface area contributed by atoms with Gasteiger partial charge in [0.2, 0.25) is 15.8 Å². The van der Waals surface area contributed by atoms with E-state index < -0.39 is 10.0 Å². The van der Waals surface area contributed by atoms with Gasteiger partial charge in [0.25, 0.3) is 0 Å². The number of nitrogens with one attached hydrogen (secondary N) is 1. The standard InChI is InChI=1S/C16H12N2O4S3/c1-25(20,21)18-11-7-13-9(12(19)8-22-13)6-15(11)24-16-17-10-4-2-3-5-14(10)23-16/h2-7,18H,8H2,1H3. The Labute approximate surface area is 152 Å². The van der Waals surface area contributed by atoms with E-state index >= 15 is 0 Å². The van der Waals surface area contributed by atoms with Crippen LogP contribution in [-0.4, -0.2) is 32.0 Å². The quantitative estimate of drug-likeness (QED) is 0.732. The lowest BCUT2D eigenvalue weighted by atomic mass is 10.1. The molecule has 2 aromatic carbocycles. The lowest BCUT2D eigenvalue weighted by molar-refractivity contribution is 0.0961. The molecule has 0 bridgehead atoms. The van der Waals surface area contributed by atoms with Crippen molar-refractivity contribution in [2.24, 2.45) is 0 Å². The summed E-state index contributed by atoms with van der Waals surface area (Å²) in [5.74, 6) is 0.275. The average molecular weight is 392 g/mol. The Kier molecular flexibility index (Phi) is 3.94. The van der Waals surface area contributed by atoms with Crippen molar-refractivity contribution in [1.82, 2.24) is 4.98 Å². The summed E-state index contributed by atoms with van der Waals surface area (Å²) in [7, 11) is -3.47. The van der Waals surface area contributed by atoms with Crippen LogP contribution in [0.5, 0.6) is 5.75 Å². The van der Waals surface area contributed by atoms with Crippen molar-refractivity contribution in [3.8, 4) is 5.75 Å². The Morgan fingerprint density at radius 1 is 1.28 bits per heavy atom. The minimum absolute atomic E-state index is 0.0249. The third-order valence-corrected chi connectivity index (χ3v) is 6.25. The third kappa shape index (κ3) is 3.35. The van der Waals surface area contributed by atoms with Gasteiger partial charge in [-0.1, -0.05) is 23.9 Å². The predicted molar refractivity (Wildman–Crippen MR) is 98.5 cm³/mol. The highest BCUT2D eigenvalue weighted by atomic mass is 32.2. The van der Waals surface area contributed by atoms with E-state index in [1.807, 2.05) is 24.3 Å². The van der Waals surface area contributed by atoms with Crippen LogP contribution in [0, 0.1) is 0 Å². The number of carbonyl (C=O) groups excluding carboxylic acids is 1. The van der Waals surface area contributed by atoms with Crippen LogP contribution in [-0.2, 0) is 10.0 Å². The number of ether oxygens (including phenoxy) is 1. The lowest BCUT2D eigenvalue weighted by Crippen LogP contribution is -2.10. The molecule has 128 valence electrons. The van der Waals surface area contributed by atoms with Gasteiger partial charge in [0.05, 0.1) is 27.7 Å². The Bertz CT molecular complexity index is 1070. The van der Waals surface area contributed by atoms with E-state index in [1.54, 1.807) is 12.1 Å². The number of rotatable bonds is 4. The number of nitrogens with zero attached hydrogens (tertiary/aromatic N) is 1. The summed E-state index contributed by atoms with van der Waals surface area (Å²) in [6, 6.07) is 11.0. The topological polar surface area (TPSA) is 85.4 Å². The Hall–Kier alpha value is -2.10. The number of benzene rings is 2. The fourth-order valence-corrected chi connectivity index (χ4v) is 5.24. The normalized spacial score (nSPS) is 13.7. The highest BCUT2D eigenvalue weighted by molar-refractivity contribution is 8.01. The van der Waals surface area contributed by atoms with Gasteiger partial charge in [0.1, 0.15) is 5.75 Å². The second-order valence-electron chi connectivity index (χ2n) is 5.48. The van der Waals surface area contributed by atoms with E-state index in [0.29, 0.717) is 21.9 Å². The molecule has 0 saturated heterocycles. The molecule has 0 fully saturated rings. The number of aromatic nitrogens is 1. The SMILES string of the molecule is CS(=O)(=O)Nc1cc2c(cc1Sc1nc3ccccc3s1)C(=O)CO2. The number of para-hydroxylation sites is 1. The molecule has 1 N–H and O–H groups in total. The summed E-state index contributed by atoms with van der Waals surface area (Å²) in [5.41, 5.74) is 1.72. The number of carbonyl (C=O) groups is 1. The van der Waals surface area contributed by atoms with Crippen LogP contribution in [0.1, 0.15) is 10.4 Å². The number of thiazole rings is 1. The van der Waals surface area contributed by atoms with Gasteiger partial charge in [-0.3, -0.25) is 9.52 Å². The maximum Gasteiger partial charge on any atom is 0.229 e. The molecule has 0 radical (unpaired) electrons. The summed E-state index contributed by atoms with van der Waals surface area (Å²) in [6.07, 6.45) is 1.08. The first-order valence-corrected chi connectivity index (χ1v) is 10.8. The van der Waals surface area contributed by atoms with E-state index in [0.717, 1.165) is 20.8 Å². The van der Waals surface area contributed by atoms with Crippen LogP contribution in [0.3, 0.4) is 0 Å². The molecule has 1 aromatic heterocycles. The number of hydrogen-bond donors (Lipinski definition) is 1. The van der Waals surface area contributed by atoms with Crippen LogP contribution in [0.15, 0.2) is 45.6 Å². The van der Waals surface area contributed by atoms with Crippen molar-refractivity contribution in [2.45, 2.75) is 9.24 Å². The second kappa shape index (κ2) is 6.01. The third-order valence-electron chi connectivity index (χ3n) is 3.51.